The van der Waals surface area contributed by atoms with Gasteiger partial charge in [-0.2, -0.15) is 0 Å². The molecule has 0 fully saturated rings. The lowest BCUT2D eigenvalue weighted by Gasteiger charge is -2.25. The van der Waals surface area contributed by atoms with Gasteiger partial charge in [-0.25, -0.2) is 4.90 Å². The number of amides is 2. The standard InChI is InChI=1S/C24H27ClN2O4/c1-16-8-9-18(14-17(16)2)21-22(26(10-12-30-3)11-13-31-4)24(29)27(23(21)28)20-7-5-6-19(25)15-20/h5-9,14-15H,10-13H2,1-4H3. The van der Waals surface area contributed by atoms with Crippen LogP contribution in [0.5, 0.6) is 0 Å². The highest BCUT2D eigenvalue weighted by Gasteiger charge is 2.42. The molecule has 0 saturated carbocycles. The zero-order valence-corrected chi connectivity index (χ0v) is 19.0. The van der Waals surface area contributed by atoms with Crippen molar-refractivity contribution in [3.8, 4) is 0 Å². The van der Waals surface area contributed by atoms with Crippen LogP contribution in [0.4, 0.5) is 5.69 Å². The average Bonchev–Trinajstić information content (AvgIpc) is 3.00. The number of methoxy groups -OCH3 is 2. The van der Waals surface area contributed by atoms with Crippen molar-refractivity contribution < 1.29 is 19.1 Å². The summed E-state index contributed by atoms with van der Waals surface area (Å²) in [6.45, 7) is 5.72. The molecule has 0 saturated heterocycles. The number of anilines is 1. The van der Waals surface area contributed by atoms with Crippen LogP contribution < -0.4 is 4.90 Å². The van der Waals surface area contributed by atoms with E-state index in [9.17, 15) is 9.59 Å². The molecular weight excluding hydrogens is 416 g/mol. The highest BCUT2D eigenvalue weighted by atomic mass is 35.5. The summed E-state index contributed by atoms with van der Waals surface area (Å²) in [6.07, 6.45) is 0. The summed E-state index contributed by atoms with van der Waals surface area (Å²) >= 11 is 6.14. The smallest absolute Gasteiger partial charge is 0.282 e. The highest BCUT2D eigenvalue weighted by molar-refractivity contribution is 6.45. The first-order valence-electron chi connectivity index (χ1n) is 10.1. The Kier molecular flexibility index (Phi) is 7.49. The summed E-state index contributed by atoms with van der Waals surface area (Å²) in [5.41, 5.74) is 4.04. The number of hydrogen-bond donors (Lipinski definition) is 0. The predicted octanol–water partition coefficient (Wildman–Crippen LogP) is 3.84. The van der Waals surface area contributed by atoms with Gasteiger partial charge in [0, 0.05) is 32.3 Å². The van der Waals surface area contributed by atoms with Gasteiger partial charge >= 0.3 is 0 Å². The van der Waals surface area contributed by atoms with Crippen LogP contribution in [0.3, 0.4) is 0 Å². The Morgan fingerprint density at radius 1 is 0.903 bits per heavy atom. The number of ether oxygens (including phenoxy) is 2. The minimum atomic E-state index is -0.382. The number of imide groups is 1. The molecule has 0 aromatic heterocycles. The van der Waals surface area contributed by atoms with E-state index in [1.54, 1.807) is 38.5 Å². The van der Waals surface area contributed by atoms with Crippen molar-refractivity contribution in [1.29, 1.82) is 0 Å². The van der Waals surface area contributed by atoms with Crippen LogP contribution in [-0.4, -0.2) is 57.2 Å². The second-order valence-corrected chi connectivity index (χ2v) is 7.86. The minimum absolute atomic E-state index is 0.349. The van der Waals surface area contributed by atoms with Gasteiger partial charge in [0.2, 0.25) is 0 Å². The van der Waals surface area contributed by atoms with E-state index >= 15 is 0 Å². The molecule has 2 aromatic carbocycles. The monoisotopic (exact) mass is 442 g/mol. The molecule has 3 rings (SSSR count). The number of carbonyl (C=O) groups excluding carboxylic acids is 2. The molecule has 2 amide bonds. The third-order valence-electron chi connectivity index (χ3n) is 5.37. The molecule has 0 unspecified atom stereocenters. The lowest BCUT2D eigenvalue weighted by Crippen LogP contribution is -2.37. The summed E-state index contributed by atoms with van der Waals surface area (Å²) < 4.78 is 10.5. The lowest BCUT2D eigenvalue weighted by molar-refractivity contribution is -0.120. The summed E-state index contributed by atoms with van der Waals surface area (Å²) in [4.78, 5) is 30.3. The Morgan fingerprint density at radius 3 is 2.16 bits per heavy atom. The topological polar surface area (TPSA) is 59.1 Å². The van der Waals surface area contributed by atoms with E-state index in [-0.39, 0.29) is 11.8 Å². The third-order valence-corrected chi connectivity index (χ3v) is 5.60. The zero-order valence-electron chi connectivity index (χ0n) is 18.3. The maximum atomic E-state index is 13.6. The second-order valence-electron chi connectivity index (χ2n) is 7.42. The number of halogens is 1. The fourth-order valence-electron chi connectivity index (χ4n) is 3.56. The van der Waals surface area contributed by atoms with Crippen LogP contribution in [0, 0.1) is 13.8 Å². The third kappa shape index (κ3) is 4.82. The molecule has 0 N–H and O–H groups in total. The van der Waals surface area contributed by atoms with Crippen LogP contribution in [-0.2, 0) is 19.1 Å². The maximum absolute atomic E-state index is 13.6. The van der Waals surface area contributed by atoms with Crippen LogP contribution >= 0.6 is 11.6 Å². The Labute approximate surface area is 188 Å². The van der Waals surface area contributed by atoms with Gasteiger partial charge in [0.15, 0.2) is 0 Å². The van der Waals surface area contributed by atoms with Gasteiger partial charge in [0.25, 0.3) is 11.8 Å². The van der Waals surface area contributed by atoms with Gasteiger partial charge in [-0.3, -0.25) is 9.59 Å². The quantitative estimate of drug-likeness (QED) is 0.552. The molecule has 1 heterocycles. The van der Waals surface area contributed by atoms with Crippen molar-refractivity contribution in [3.05, 3.63) is 69.9 Å². The molecule has 164 valence electrons. The molecule has 0 radical (unpaired) electrons. The van der Waals surface area contributed by atoms with E-state index < -0.39 is 0 Å². The predicted molar refractivity (Wildman–Crippen MR) is 122 cm³/mol. The normalized spacial score (nSPS) is 14.0. The van der Waals surface area contributed by atoms with E-state index in [1.807, 2.05) is 36.9 Å². The molecule has 7 heteroatoms. The van der Waals surface area contributed by atoms with E-state index in [1.165, 1.54) is 4.90 Å². The van der Waals surface area contributed by atoms with E-state index in [4.69, 9.17) is 21.1 Å². The zero-order chi connectivity index (χ0) is 22.5. The molecular formula is C24H27ClN2O4. The number of carbonyl (C=O) groups is 2. The van der Waals surface area contributed by atoms with Crippen molar-refractivity contribution in [2.45, 2.75) is 13.8 Å². The number of benzene rings is 2. The van der Waals surface area contributed by atoms with Gasteiger partial charge in [0.05, 0.1) is 24.5 Å². The fraction of sp³-hybridized carbons (Fsp3) is 0.333. The molecule has 0 aliphatic carbocycles. The molecule has 31 heavy (non-hydrogen) atoms. The summed E-state index contributed by atoms with van der Waals surface area (Å²) in [5, 5.41) is 0.454. The van der Waals surface area contributed by atoms with Gasteiger partial charge in [-0.15, -0.1) is 0 Å². The number of hydrogen-bond acceptors (Lipinski definition) is 5. The second kappa shape index (κ2) is 10.1. The SMILES string of the molecule is COCCN(CCOC)C1=C(c2ccc(C)c(C)c2)C(=O)N(c2cccc(Cl)c2)C1=O. The van der Waals surface area contributed by atoms with Crippen LogP contribution in [0.2, 0.25) is 5.02 Å². The first kappa shape index (κ1) is 23.0. The molecule has 6 nitrogen and oxygen atoms in total. The van der Waals surface area contributed by atoms with Crippen LogP contribution in [0.15, 0.2) is 48.2 Å². The van der Waals surface area contributed by atoms with Crippen molar-refractivity contribution in [2.24, 2.45) is 0 Å². The molecule has 0 atom stereocenters. The lowest BCUT2D eigenvalue weighted by atomic mass is 9.99. The molecule has 1 aliphatic heterocycles. The molecule has 2 aromatic rings. The first-order valence-corrected chi connectivity index (χ1v) is 10.5. The number of aryl methyl sites for hydroxylation is 2. The summed E-state index contributed by atoms with van der Waals surface area (Å²) in [7, 11) is 3.21. The van der Waals surface area contributed by atoms with Crippen molar-refractivity contribution in [1.82, 2.24) is 4.90 Å². The van der Waals surface area contributed by atoms with Crippen molar-refractivity contribution >= 4 is 34.7 Å². The minimum Gasteiger partial charge on any atom is -0.383 e. The summed E-state index contributed by atoms with van der Waals surface area (Å²) in [5.74, 6) is -0.752. The highest BCUT2D eigenvalue weighted by Crippen LogP contribution is 2.36. The van der Waals surface area contributed by atoms with Crippen LogP contribution in [0.1, 0.15) is 16.7 Å². The van der Waals surface area contributed by atoms with E-state index in [2.05, 4.69) is 0 Å². The van der Waals surface area contributed by atoms with Gasteiger partial charge in [-0.05, 0) is 48.7 Å². The fourth-order valence-corrected chi connectivity index (χ4v) is 3.74. The van der Waals surface area contributed by atoms with Gasteiger partial charge in [0.1, 0.15) is 5.70 Å². The summed E-state index contributed by atoms with van der Waals surface area (Å²) in [6, 6.07) is 12.5. The Bertz CT molecular complexity index is 1010. The Morgan fingerprint density at radius 2 is 1.58 bits per heavy atom. The van der Waals surface area contributed by atoms with Crippen molar-refractivity contribution in [2.75, 3.05) is 45.4 Å². The molecule has 1 aliphatic rings. The number of nitrogens with zero attached hydrogens (tertiary/aromatic N) is 2. The molecule has 0 bridgehead atoms. The van der Waals surface area contributed by atoms with Crippen molar-refractivity contribution in [3.63, 3.8) is 0 Å². The Hall–Kier alpha value is -2.67. The van der Waals surface area contributed by atoms with Gasteiger partial charge < -0.3 is 14.4 Å². The maximum Gasteiger partial charge on any atom is 0.282 e. The number of rotatable bonds is 9. The molecule has 0 spiro atoms. The van der Waals surface area contributed by atoms with E-state index in [0.717, 1.165) is 11.1 Å². The van der Waals surface area contributed by atoms with E-state index in [0.29, 0.717) is 53.8 Å². The first-order chi connectivity index (χ1) is 14.9. The van der Waals surface area contributed by atoms with Gasteiger partial charge in [-0.1, -0.05) is 35.9 Å². The Balaban J connectivity index is 2.16. The average molecular weight is 443 g/mol. The largest absolute Gasteiger partial charge is 0.383 e. The van der Waals surface area contributed by atoms with Crippen LogP contribution in [0.25, 0.3) is 5.57 Å².